The van der Waals surface area contributed by atoms with E-state index >= 15 is 0 Å². The molecule has 2 aliphatic rings. The first-order valence-corrected chi connectivity index (χ1v) is 12.7. The van der Waals surface area contributed by atoms with E-state index in [0.29, 0.717) is 30.6 Å². The van der Waals surface area contributed by atoms with E-state index in [1.165, 1.54) is 0 Å². The summed E-state index contributed by atoms with van der Waals surface area (Å²) in [7, 11) is 1.65. The molecule has 0 spiro atoms. The second kappa shape index (κ2) is 10.4. The Morgan fingerprint density at radius 1 is 1.06 bits per heavy atom. The van der Waals surface area contributed by atoms with E-state index in [2.05, 4.69) is 12.2 Å². The normalized spacial score (nSPS) is 19.3. The first-order valence-electron chi connectivity index (χ1n) is 12.7. The minimum absolute atomic E-state index is 0.00192. The van der Waals surface area contributed by atoms with Crippen LogP contribution in [0.25, 0.3) is 0 Å². The van der Waals surface area contributed by atoms with Crippen molar-refractivity contribution in [3.05, 3.63) is 89.5 Å². The Balaban J connectivity index is 1.60. The van der Waals surface area contributed by atoms with Crippen LogP contribution in [0.4, 0.5) is 11.4 Å². The maximum atomic E-state index is 13.9. The van der Waals surface area contributed by atoms with Crippen LogP contribution in [0.15, 0.2) is 82.6 Å². The minimum Gasteiger partial charge on any atom is -0.497 e. The van der Waals surface area contributed by atoms with Crippen molar-refractivity contribution in [2.24, 2.45) is 0 Å². The number of nitrogens with one attached hydrogen (secondary N) is 1. The van der Waals surface area contributed by atoms with Crippen molar-refractivity contribution in [3.8, 4) is 5.75 Å². The Bertz CT molecular complexity index is 1260. The number of hydrogen-bond acceptors (Lipinski definition) is 5. The number of carbonyl (C=O) groups excluding carboxylic acids is 2. The summed E-state index contributed by atoms with van der Waals surface area (Å²) in [5, 5.41) is 3.56. The number of nitrogens with zero attached hydrogens (tertiary/aromatic N) is 1. The average molecular weight is 485 g/mol. The predicted molar refractivity (Wildman–Crippen MR) is 140 cm³/mol. The summed E-state index contributed by atoms with van der Waals surface area (Å²) in [6, 6.07) is 18.8. The van der Waals surface area contributed by atoms with Crippen molar-refractivity contribution in [2.45, 2.75) is 57.4 Å². The predicted octanol–water partition coefficient (Wildman–Crippen LogP) is 6.77. The second-order valence-corrected chi connectivity index (χ2v) is 9.47. The SMILES string of the molecule is CCCCCC(=O)N1c2ccccc2NC2=C(C(=O)C[C@H](c3ccc(OC)cc3)C2)[C@@H]1c1ccco1. The van der Waals surface area contributed by atoms with Crippen LogP contribution in [0.1, 0.15) is 68.7 Å². The molecule has 0 saturated heterocycles. The molecular formula is C30H32N2O4. The van der Waals surface area contributed by atoms with Gasteiger partial charge >= 0.3 is 0 Å². The molecule has 1 aliphatic carbocycles. The molecule has 1 amide bonds. The standard InChI is InChI=1S/C30H32N2O4/c1-3-4-5-12-28(34)32-25-10-7-6-9-23(25)31-24-18-21(20-13-15-22(35-2)16-14-20)19-26(33)29(24)30(32)27-11-8-17-36-27/h6-11,13-17,21,30-31H,3-5,12,18-19H2,1-2H3/t21-,30+/m1/s1. The Labute approximate surface area is 211 Å². The number of ether oxygens (including phenoxy) is 1. The molecule has 5 rings (SSSR count). The third-order valence-corrected chi connectivity index (χ3v) is 7.15. The molecule has 6 nitrogen and oxygen atoms in total. The van der Waals surface area contributed by atoms with Crippen LogP contribution in [0.3, 0.4) is 0 Å². The highest BCUT2D eigenvalue weighted by Crippen LogP contribution is 2.47. The Hall–Kier alpha value is -3.80. The van der Waals surface area contributed by atoms with Crippen LogP contribution in [0, 0.1) is 0 Å². The summed E-state index contributed by atoms with van der Waals surface area (Å²) in [5.74, 6) is 1.45. The smallest absolute Gasteiger partial charge is 0.228 e. The number of unbranched alkanes of at least 4 members (excludes halogenated alkanes) is 2. The average Bonchev–Trinajstić information content (AvgIpc) is 3.38. The fourth-order valence-electron chi connectivity index (χ4n) is 5.34. The van der Waals surface area contributed by atoms with Gasteiger partial charge in [-0.1, -0.05) is 44.0 Å². The summed E-state index contributed by atoms with van der Waals surface area (Å²) in [5.41, 5.74) is 4.16. The number of hydrogen-bond donors (Lipinski definition) is 1. The van der Waals surface area contributed by atoms with Gasteiger partial charge in [-0.3, -0.25) is 14.5 Å². The fourth-order valence-corrected chi connectivity index (χ4v) is 5.34. The molecule has 2 heterocycles. The molecular weight excluding hydrogens is 452 g/mol. The van der Waals surface area contributed by atoms with E-state index in [1.807, 2.05) is 60.7 Å². The molecule has 1 aromatic heterocycles. The number of allylic oxidation sites excluding steroid dienone is 1. The zero-order valence-electron chi connectivity index (χ0n) is 20.8. The quantitative estimate of drug-likeness (QED) is 0.375. The van der Waals surface area contributed by atoms with Crippen LogP contribution < -0.4 is 15.0 Å². The van der Waals surface area contributed by atoms with E-state index < -0.39 is 6.04 Å². The van der Waals surface area contributed by atoms with Gasteiger partial charge in [-0.25, -0.2) is 0 Å². The largest absolute Gasteiger partial charge is 0.497 e. The van der Waals surface area contributed by atoms with Gasteiger partial charge in [0.15, 0.2) is 5.78 Å². The summed E-state index contributed by atoms with van der Waals surface area (Å²) in [6.45, 7) is 2.12. The topological polar surface area (TPSA) is 71.8 Å². The molecule has 0 unspecified atom stereocenters. The van der Waals surface area contributed by atoms with Crippen molar-refractivity contribution in [3.63, 3.8) is 0 Å². The lowest BCUT2D eigenvalue weighted by atomic mass is 9.79. The third kappa shape index (κ3) is 4.55. The maximum Gasteiger partial charge on any atom is 0.228 e. The molecule has 0 fully saturated rings. The number of ketones is 1. The zero-order chi connectivity index (χ0) is 25.1. The summed E-state index contributed by atoms with van der Waals surface area (Å²) in [6.07, 6.45) is 5.90. The molecule has 0 radical (unpaired) electrons. The molecule has 186 valence electrons. The summed E-state index contributed by atoms with van der Waals surface area (Å²) < 4.78 is 11.2. The summed E-state index contributed by atoms with van der Waals surface area (Å²) >= 11 is 0. The first-order chi connectivity index (χ1) is 17.6. The minimum atomic E-state index is -0.607. The molecule has 2 aromatic carbocycles. The number of rotatable bonds is 7. The van der Waals surface area contributed by atoms with Gasteiger partial charge in [0.1, 0.15) is 17.6 Å². The molecule has 0 bridgehead atoms. The highest BCUT2D eigenvalue weighted by molar-refractivity contribution is 6.06. The number of methoxy groups -OCH3 is 1. The molecule has 0 saturated carbocycles. The molecule has 36 heavy (non-hydrogen) atoms. The number of Topliss-reactive ketones (excluding diaryl/α,β-unsaturated/α-hetero) is 1. The van der Waals surface area contributed by atoms with Crippen molar-refractivity contribution < 1.29 is 18.7 Å². The lowest BCUT2D eigenvalue weighted by Gasteiger charge is -2.33. The van der Waals surface area contributed by atoms with Crippen molar-refractivity contribution >= 4 is 23.1 Å². The van der Waals surface area contributed by atoms with Gasteiger partial charge in [0.25, 0.3) is 0 Å². The monoisotopic (exact) mass is 484 g/mol. The van der Waals surface area contributed by atoms with Crippen molar-refractivity contribution in [2.75, 3.05) is 17.3 Å². The maximum absolute atomic E-state index is 13.9. The number of anilines is 2. The number of fused-ring (bicyclic) bond motifs is 1. The van der Waals surface area contributed by atoms with Crippen LogP contribution in [-0.2, 0) is 9.59 Å². The molecule has 3 aromatic rings. The summed E-state index contributed by atoms with van der Waals surface area (Å²) in [4.78, 5) is 29.4. The Kier molecular flexibility index (Phi) is 6.94. The number of carbonyl (C=O) groups is 2. The van der Waals surface area contributed by atoms with Gasteiger partial charge in [-0.2, -0.15) is 0 Å². The highest BCUT2D eigenvalue weighted by atomic mass is 16.5. The van der Waals surface area contributed by atoms with E-state index in [1.54, 1.807) is 18.3 Å². The molecule has 6 heteroatoms. The van der Waals surface area contributed by atoms with Crippen molar-refractivity contribution in [1.82, 2.24) is 0 Å². The highest BCUT2D eigenvalue weighted by Gasteiger charge is 2.42. The second-order valence-electron chi connectivity index (χ2n) is 9.47. The van der Waals surface area contributed by atoms with E-state index in [-0.39, 0.29) is 17.6 Å². The number of benzene rings is 2. The number of furan rings is 1. The van der Waals surface area contributed by atoms with Crippen LogP contribution in [0.2, 0.25) is 0 Å². The van der Waals surface area contributed by atoms with Crippen LogP contribution in [0.5, 0.6) is 5.75 Å². The fraction of sp³-hybridized carbons (Fsp3) is 0.333. The lowest BCUT2D eigenvalue weighted by Crippen LogP contribution is -2.38. The number of amides is 1. The lowest BCUT2D eigenvalue weighted by molar-refractivity contribution is -0.119. The van der Waals surface area contributed by atoms with Gasteiger partial charge < -0.3 is 14.5 Å². The van der Waals surface area contributed by atoms with Gasteiger partial charge in [0.05, 0.1) is 24.7 Å². The first kappa shape index (κ1) is 23.9. The molecule has 1 aliphatic heterocycles. The van der Waals surface area contributed by atoms with E-state index in [9.17, 15) is 9.59 Å². The third-order valence-electron chi connectivity index (χ3n) is 7.15. The zero-order valence-corrected chi connectivity index (χ0v) is 20.8. The van der Waals surface area contributed by atoms with Crippen molar-refractivity contribution in [1.29, 1.82) is 0 Å². The Morgan fingerprint density at radius 2 is 1.86 bits per heavy atom. The van der Waals surface area contributed by atoms with Gasteiger partial charge in [0.2, 0.25) is 5.91 Å². The Morgan fingerprint density at radius 3 is 2.58 bits per heavy atom. The van der Waals surface area contributed by atoms with Gasteiger partial charge in [-0.05, 0) is 60.7 Å². The van der Waals surface area contributed by atoms with Gasteiger partial charge in [-0.15, -0.1) is 0 Å². The molecule has 2 atom stereocenters. The van der Waals surface area contributed by atoms with Gasteiger partial charge in [0, 0.05) is 24.1 Å². The molecule has 1 N–H and O–H groups in total. The van der Waals surface area contributed by atoms with Crippen LogP contribution in [-0.4, -0.2) is 18.8 Å². The van der Waals surface area contributed by atoms with Crippen LogP contribution >= 0.6 is 0 Å². The van der Waals surface area contributed by atoms with E-state index in [0.717, 1.165) is 47.6 Å². The van der Waals surface area contributed by atoms with E-state index in [4.69, 9.17) is 9.15 Å². The number of para-hydroxylation sites is 2.